The van der Waals surface area contributed by atoms with Crippen LogP contribution in [0.3, 0.4) is 0 Å². The van der Waals surface area contributed by atoms with Gasteiger partial charge in [0.25, 0.3) is 0 Å². The van der Waals surface area contributed by atoms with Gasteiger partial charge in [-0.25, -0.2) is 0 Å². The minimum absolute atomic E-state index is 0.305. The number of hydrogen-bond donors (Lipinski definition) is 1. The van der Waals surface area contributed by atoms with Crippen molar-refractivity contribution in [2.24, 2.45) is 5.92 Å². The van der Waals surface area contributed by atoms with E-state index in [9.17, 15) is 0 Å². The zero-order chi connectivity index (χ0) is 10.2. The molecule has 0 aliphatic carbocycles. The average molecular weight is 220 g/mol. The molecule has 0 saturated carbocycles. The Labute approximate surface area is 92.3 Å². The van der Waals surface area contributed by atoms with Gasteiger partial charge in [-0.3, -0.25) is 0 Å². The van der Waals surface area contributed by atoms with Gasteiger partial charge in [0, 0.05) is 25.1 Å². The van der Waals surface area contributed by atoms with Crippen LogP contribution in [0.25, 0.3) is 0 Å². The van der Waals surface area contributed by atoms with E-state index in [-0.39, 0.29) is 0 Å². The molecule has 0 aromatic rings. The summed E-state index contributed by atoms with van der Waals surface area (Å²) in [5.74, 6) is 0.800. The van der Waals surface area contributed by atoms with Crippen LogP contribution in [0.4, 0.5) is 0 Å². The third kappa shape index (κ3) is 5.18. The Morgan fingerprint density at radius 3 is 2.79 bits per heavy atom. The first-order valence-corrected chi connectivity index (χ1v) is 6.19. The predicted molar refractivity (Wildman–Crippen MR) is 61.0 cm³/mol. The highest BCUT2D eigenvalue weighted by Crippen LogP contribution is 2.13. The maximum Gasteiger partial charge on any atom is 0.0469 e. The van der Waals surface area contributed by atoms with Crippen LogP contribution in [0.1, 0.15) is 32.6 Å². The van der Waals surface area contributed by atoms with Crippen LogP contribution in [0, 0.1) is 5.92 Å². The molecule has 0 spiro atoms. The fourth-order valence-corrected chi connectivity index (χ4v) is 2.14. The number of alkyl halides is 1. The Hall–Kier alpha value is 0.210. The number of hydrogen-bond acceptors (Lipinski definition) is 2. The van der Waals surface area contributed by atoms with Gasteiger partial charge in [-0.05, 0) is 31.7 Å². The second-order valence-electron chi connectivity index (χ2n) is 4.10. The van der Waals surface area contributed by atoms with Crippen molar-refractivity contribution in [2.45, 2.75) is 38.0 Å². The Morgan fingerprint density at radius 2 is 2.14 bits per heavy atom. The van der Waals surface area contributed by atoms with Gasteiger partial charge in [-0.15, -0.1) is 11.6 Å². The molecule has 1 rings (SSSR count). The molecule has 1 fully saturated rings. The summed E-state index contributed by atoms with van der Waals surface area (Å²) >= 11 is 6.11. The van der Waals surface area contributed by atoms with Crippen LogP contribution in [0.5, 0.6) is 0 Å². The summed E-state index contributed by atoms with van der Waals surface area (Å²) in [6.07, 6.45) is 4.69. The van der Waals surface area contributed by atoms with Gasteiger partial charge >= 0.3 is 0 Å². The van der Waals surface area contributed by atoms with E-state index >= 15 is 0 Å². The van der Waals surface area contributed by atoms with Gasteiger partial charge < -0.3 is 10.1 Å². The molecule has 0 bridgehead atoms. The standard InChI is InChI=1S/C11H22ClNO/c1-2-3-11(12)9-13-8-10-4-6-14-7-5-10/h10-11,13H,2-9H2,1H3. The molecule has 0 aromatic heterocycles. The Bertz CT molecular complexity index is 137. The van der Waals surface area contributed by atoms with E-state index in [2.05, 4.69) is 12.2 Å². The maximum atomic E-state index is 6.11. The molecule has 1 aliphatic heterocycles. The first-order chi connectivity index (χ1) is 6.83. The zero-order valence-corrected chi connectivity index (χ0v) is 9.85. The van der Waals surface area contributed by atoms with Crippen molar-refractivity contribution < 1.29 is 4.74 Å². The SMILES string of the molecule is CCCC(Cl)CNCC1CCOCC1. The van der Waals surface area contributed by atoms with E-state index in [0.717, 1.165) is 38.6 Å². The van der Waals surface area contributed by atoms with Crippen LogP contribution in [0.2, 0.25) is 0 Å². The first-order valence-electron chi connectivity index (χ1n) is 5.75. The van der Waals surface area contributed by atoms with Crippen molar-refractivity contribution in [1.29, 1.82) is 0 Å². The summed E-state index contributed by atoms with van der Waals surface area (Å²) in [4.78, 5) is 0. The highest BCUT2D eigenvalue weighted by Gasteiger charge is 2.13. The average Bonchev–Trinajstić information content (AvgIpc) is 2.20. The lowest BCUT2D eigenvalue weighted by molar-refractivity contribution is 0.0664. The van der Waals surface area contributed by atoms with Crippen LogP contribution >= 0.6 is 11.6 Å². The van der Waals surface area contributed by atoms with Crippen LogP contribution in [-0.2, 0) is 4.74 Å². The molecular weight excluding hydrogens is 198 g/mol. The van der Waals surface area contributed by atoms with E-state index in [1.807, 2.05) is 0 Å². The lowest BCUT2D eigenvalue weighted by Crippen LogP contribution is -2.31. The molecule has 0 radical (unpaired) electrons. The highest BCUT2D eigenvalue weighted by molar-refractivity contribution is 6.20. The largest absolute Gasteiger partial charge is 0.381 e. The minimum atomic E-state index is 0.305. The van der Waals surface area contributed by atoms with Crippen molar-refractivity contribution in [3.05, 3.63) is 0 Å². The maximum absolute atomic E-state index is 6.11. The van der Waals surface area contributed by atoms with Gasteiger partial charge in [-0.2, -0.15) is 0 Å². The molecule has 1 N–H and O–H groups in total. The number of rotatable bonds is 6. The molecule has 84 valence electrons. The minimum Gasteiger partial charge on any atom is -0.381 e. The summed E-state index contributed by atoms with van der Waals surface area (Å²) in [6, 6.07) is 0. The number of nitrogens with one attached hydrogen (secondary N) is 1. The van der Waals surface area contributed by atoms with Crippen molar-refractivity contribution in [1.82, 2.24) is 5.32 Å². The molecule has 3 heteroatoms. The second-order valence-corrected chi connectivity index (χ2v) is 4.72. The van der Waals surface area contributed by atoms with Crippen molar-refractivity contribution in [3.8, 4) is 0 Å². The number of halogens is 1. The zero-order valence-electron chi connectivity index (χ0n) is 9.10. The molecule has 2 nitrogen and oxygen atoms in total. The van der Waals surface area contributed by atoms with Gasteiger partial charge in [0.05, 0.1) is 0 Å². The molecule has 1 unspecified atom stereocenters. The monoisotopic (exact) mass is 219 g/mol. The van der Waals surface area contributed by atoms with Gasteiger partial charge in [-0.1, -0.05) is 13.3 Å². The van der Waals surface area contributed by atoms with Crippen molar-refractivity contribution in [3.63, 3.8) is 0 Å². The second kappa shape index (κ2) is 7.49. The molecule has 0 aromatic carbocycles. The summed E-state index contributed by atoms with van der Waals surface area (Å²) in [5.41, 5.74) is 0. The first kappa shape index (κ1) is 12.3. The van der Waals surface area contributed by atoms with E-state index < -0.39 is 0 Å². The topological polar surface area (TPSA) is 21.3 Å². The third-order valence-corrected chi connectivity index (χ3v) is 3.11. The van der Waals surface area contributed by atoms with E-state index in [4.69, 9.17) is 16.3 Å². The predicted octanol–water partition coefficient (Wildman–Crippen LogP) is 2.41. The molecule has 1 aliphatic rings. The quantitative estimate of drug-likeness (QED) is 0.693. The van der Waals surface area contributed by atoms with Gasteiger partial charge in [0.2, 0.25) is 0 Å². The lowest BCUT2D eigenvalue weighted by atomic mass is 10.0. The Morgan fingerprint density at radius 1 is 1.43 bits per heavy atom. The lowest BCUT2D eigenvalue weighted by Gasteiger charge is -2.22. The van der Waals surface area contributed by atoms with Crippen LogP contribution in [0.15, 0.2) is 0 Å². The van der Waals surface area contributed by atoms with E-state index in [1.54, 1.807) is 0 Å². The molecular formula is C11H22ClNO. The summed E-state index contributed by atoms with van der Waals surface area (Å²) in [7, 11) is 0. The van der Waals surface area contributed by atoms with Gasteiger partial charge in [0.15, 0.2) is 0 Å². The fraction of sp³-hybridized carbons (Fsp3) is 1.00. The Balaban J connectivity index is 1.96. The van der Waals surface area contributed by atoms with Crippen LogP contribution in [-0.4, -0.2) is 31.7 Å². The fourth-order valence-electron chi connectivity index (χ4n) is 1.81. The summed E-state index contributed by atoms with van der Waals surface area (Å²) in [5, 5.41) is 3.76. The molecule has 1 heterocycles. The summed E-state index contributed by atoms with van der Waals surface area (Å²) in [6.45, 7) is 6.11. The molecule has 14 heavy (non-hydrogen) atoms. The molecule has 0 amide bonds. The van der Waals surface area contributed by atoms with E-state index in [0.29, 0.717) is 5.38 Å². The molecule has 1 saturated heterocycles. The van der Waals surface area contributed by atoms with Crippen molar-refractivity contribution in [2.75, 3.05) is 26.3 Å². The van der Waals surface area contributed by atoms with E-state index in [1.165, 1.54) is 19.3 Å². The normalized spacial score (nSPS) is 21.0. The highest BCUT2D eigenvalue weighted by atomic mass is 35.5. The number of ether oxygens (including phenoxy) is 1. The Kier molecular flexibility index (Phi) is 6.57. The van der Waals surface area contributed by atoms with Crippen molar-refractivity contribution >= 4 is 11.6 Å². The smallest absolute Gasteiger partial charge is 0.0469 e. The van der Waals surface area contributed by atoms with Crippen LogP contribution < -0.4 is 5.32 Å². The van der Waals surface area contributed by atoms with Gasteiger partial charge in [0.1, 0.15) is 0 Å². The molecule has 1 atom stereocenters. The summed E-state index contributed by atoms with van der Waals surface area (Å²) < 4.78 is 5.31. The third-order valence-electron chi connectivity index (χ3n) is 2.74.